The number of halogens is 1. The smallest absolute Gasteiger partial charge is 0.254 e. The van der Waals surface area contributed by atoms with Crippen molar-refractivity contribution in [2.45, 2.75) is 38.6 Å². The molecule has 0 aliphatic carbocycles. The van der Waals surface area contributed by atoms with Gasteiger partial charge < -0.3 is 24.2 Å². The number of hydrogen-bond donors (Lipinski definition) is 1. The van der Waals surface area contributed by atoms with Gasteiger partial charge in [0.1, 0.15) is 5.82 Å². The van der Waals surface area contributed by atoms with Gasteiger partial charge in [-0.05, 0) is 39.0 Å². The van der Waals surface area contributed by atoms with Gasteiger partial charge in [0.15, 0.2) is 0 Å². The lowest BCUT2D eigenvalue weighted by Gasteiger charge is -2.36. The van der Waals surface area contributed by atoms with Gasteiger partial charge in [0.25, 0.3) is 5.91 Å². The van der Waals surface area contributed by atoms with Crippen molar-refractivity contribution in [3.63, 3.8) is 0 Å². The zero-order valence-electron chi connectivity index (χ0n) is 18.5. The molecule has 2 atom stereocenters. The van der Waals surface area contributed by atoms with E-state index in [2.05, 4.69) is 4.90 Å². The number of hydrogen-bond acceptors (Lipinski definition) is 6. The van der Waals surface area contributed by atoms with Crippen LogP contribution in [-0.2, 0) is 14.2 Å². The molecule has 1 amide bonds. The molecule has 0 bridgehead atoms. The van der Waals surface area contributed by atoms with Gasteiger partial charge in [-0.1, -0.05) is 6.07 Å². The Morgan fingerprint density at radius 3 is 2.87 bits per heavy atom. The number of carbonyl (C=O) groups is 1. The van der Waals surface area contributed by atoms with Gasteiger partial charge in [-0.3, -0.25) is 9.69 Å². The summed E-state index contributed by atoms with van der Waals surface area (Å²) in [6, 6.07) is 5.68. The molecule has 2 rings (SSSR count). The lowest BCUT2D eigenvalue weighted by Crippen LogP contribution is -2.51. The monoisotopic (exact) mass is 426 g/mol. The molecule has 1 N–H and O–H groups in total. The highest BCUT2D eigenvalue weighted by atomic mass is 19.1. The molecule has 1 fully saturated rings. The summed E-state index contributed by atoms with van der Waals surface area (Å²) in [4.78, 5) is 16.6. The molecule has 30 heavy (non-hydrogen) atoms. The van der Waals surface area contributed by atoms with Crippen LogP contribution in [0.1, 0.15) is 31.1 Å². The second-order valence-corrected chi connectivity index (χ2v) is 8.58. The number of amides is 1. The Morgan fingerprint density at radius 1 is 1.43 bits per heavy atom. The molecule has 0 saturated carbocycles. The Bertz CT molecular complexity index is 667. The van der Waals surface area contributed by atoms with Crippen LogP contribution in [0.3, 0.4) is 0 Å². The summed E-state index contributed by atoms with van der Waals surface area (Å²) < 4.78 is 30.2. The van der Waals surface area contributed by atoms with Crippen molar-refractivity contribution in [1.29, 1.82) is 0 Å². The molecular formula is C22H35FN2O5. The maximum Gasteiger partial charge on any atom is 0.254 e. The lowest BCUT2D eigenvalue weighted by atomic mass is 10.1. The van der Waals surface area contributed by atoms with Crippen molar-refractivity contribution in [1.82, 2.24) is 9.80 Å². The van der Waals surface area contributed by atoms with Crippen LogP contribution >= 0.6 is 0 Å². The van der Waals surface area contributed by atoms with E-state index in [1.165, 1.54) is 18.2 Å². The minimum Gasteiger partial charge on any atom is -0.389 e. The second kappa shape index (κ2) is 11.7. The van der Waals surface area contributed by atoms with Gasteiger partial charge in [-0.15, -0.1) is 0 Å². The van der Waals surface area contributed by atoms with Gasteiger partial charge in [-0.25, -0.2) is 4.39 Å². The molecule has 1 aliphatic heterocycles. The summed E-state index contributed by atoms with van der Waals surface area (Å²) in [7, 11) is 1.57. The predicted octanol–water partition coefficient (Wildman–Crippen LogP) is 1.79. The molecule has 2 unspecified atom stereocenters. The molecule has 8 heteroatoms. The van der Waals surface area contributed by atoms with E-state index in [9.17, 15) is 14.3 Å². The number of benzene rings is 1. The van der Waals surface area contributed by atoms with Crippen LogP contribution in [0, 0.1) is 5.82 Å². The van der Waals surface area contributed by atoms with Gasteiger partial charge >= 0.3 is 0 Å². The standard InChI is InChI=1S/C22H35FN2O5/c1-22(2,3)30-16-19(26)13-24-8-11-29-20(14-24)15-25(9-10-28-4)21(27)17-6-5-7-18(23)12-17/h5-7,12,19-20,26H,8-11,13-16H2,1-4H3. The molecule has 1 aliphatic rings. The molecule has 1 heterocycles. The SMILES string of the molecule is COCCN(CC1CN(CC(O)COC(C)(C)C)CCO1)C(=O)c1cccc(F)c1. The molecular weight excluding hydrogens is 391 g/mol. The third-order valence-electron chi connectivity index (χ3n) is 4.75. The van der Waals surface area contributed by atoms with Crippen LogP contribution in [-0.4, -0.2) is 98.3 Å². The highest BCUT2D eigenvalue weighted by molar-refractivity contribution is 5.94. The van der Waals surface area contributed by atoms with Crippen LogP contribution in [0.4, 0.5) is 4.39 Å². The molecule has 1 saturated heterocycles. The van der Waals surface area contributed by atoms with Gasteiger partial charge in [0.05, 0.1) is 37.6 Å². The normalized spacial score (nSPS) is 18.9. The van der Waals surface area contributed by atoms with Crippen molar-refractivity contribution in [3.05, 3.63) is 35.6 Å². The third kappa shape index (κ3) is 8.65. The summed E-state index contributed by atoms with van der Waals surface area (Å²) in [5.74, 6) is -0.704. The van der Waals surface area contributed by atoms with E-state index in [0.717, 1.165) is 0 Å². The summed E-state index contributed by atoms with van der Waals surface area (Å²) in [6.45, 7) is 9.54. The number of aliphatic hydroxyl groups is 1. The number of rotatable bonds is 10. The van der Waals surface area contributed by atoms with Crippen LogP contribution in [0.25, 0.3) is 0 Å². The summed E-state index contributed by atoms with van der Waals surface area (Å²) in [5, 5.41) is 10.3. The first-order valence-electron chi connectivity index (χ1n) is 10.4. The van der Waals surface area contributed by atoms with Crippen molar-refractivity contribution in [2.75, 3.05) is 59.7 Å². The van der Waals surface area contributed by atoms with E-state index in [1.54, 1.807) is 18.1 Å². The fraction of sp³-hybridized carbons (Fsp3) is 0.682. The Hall–Kier alpha value is -1.58. The van der Waals surface area contributed by atoms with Crippen molar-refractivity contribution in [2.24, 2.45) is 0 Å². The largest absolute Gasteiger partial charge is 0.389 e. The zero-order chi connectivity index (χ0) is 22.1. The minimum absolute atomic E-state index is 0.205. The Kier molecular flexibility index (Phi) is 9.64. The van der Waals surface area contributed by atoms with Crippen molar-refractivity contribution in [3.8, 4) is 0 Å². The number of carbonyl (C=O) groups excluding carboxylic acids is 1. The van der Waals surface area contributed by atoms with Crippen LogP contribution in [0.5, 0.6) is 0 Å². The van der Waals surface area contributed by atoms with Crippen LogP contribution < -0.4 is 0 Å². The van der Waals surface area contributed by atoms with Crippen LogP contribution in [0.2, 0.25) is 0 Å². The predicted molar refractivity (Wildman–Crippen MR) is 112 cm³/mol. The molecule has 0 spiro atoms. The van der Waals surface area contributed by atoms with E-state index >= 15 is 0 Å². The van der Waals surface area contributed by atoms with Crippen LogP contribution in [0.15, 0.2) is 24.3 Å². The minimum atomic E-state index is -0.596. The van der Waals surface area contributed by atoms with Gasteiger partial charge in [0, 0.05) is 45.4 Å². The first kappa shape index (κ1) is 24.7. The summed E-state index contributed by atoms with van der Waals surface area (Å²) in [5.41, 5.74) is 0.00159. The average Bonchev–Trinajstić information content (AvgIpc) is 2.69. The maximum atomic E-state index is 13.5. The number of aliphatic hydroxyl groups excluding tert-OH is 1. The zero-order valence-corrected chi connectivity index (χ0v) is 18.5. The highest BCUT2D eigenvalue weighted by Gasteiger charge is 2.27. The van der Waals surface area contributed by atoms with Crippen molar-refractivity contribution < 1.29 is 28.5 Å². The first-order chi connectivity index (χ1) is 14.2. The van der Waals surface area contributed by atoms with E-state index in [-0.39, 0.29) is 24.2 Å². The first-order valence-corrected chi connectivity index (χ1v) is 10.4. The van der Waals surface area contributed by atoms with E-state index in [0.29, 0.717) is 51.5 Å². The Labute approximate surface area is 178 Å². The number of ether oxygens (including phenoxy) is 3. The number of morpholine rings is 1. The molecule has 0 radical (unpaired) electrons. The topological polar surface area (TPSA) is 71.5 Å². The number of β-amino-alcohol motifs (C(OH)–C–C–N with tert-alkyl or cyclic N) is 1. The van der Waals surface area contributed by atoms with E-state index in [4.69, 9.17) is 14.2 Å². The molecule has 0 aromatic heterocycles. The van der Waals surface area contributed by atoms with E-state index < -0.39 is 11.9 Å². The van der Waals surface area contributed by atoms with Gasteiger partial charge in [-0.2, -0.15) is 0 Å². The molecule has 170 valence electrons. The third-order valence-corrected chi connectivity index (χ3v) is 4.75. The molecule has 7 nitrogen and oxygen atoms in total. The fourth-order valence-corrected chi connectivity index (χ4v) is 3.28. The lowest BCUT2D eigenvalue weighted by molar-refractivity contribution is -0.0784. The Morgan fingerprint density at radius 2 is 2.20 bits per heavy atom. The molecule has 1 aromatic carbocycles. The average molecular weight is 427 g/mol. The second-order valence-electron chi connectivity index (χ2n) is 8.58. The summed E-state index contributed by atoms with van der Waals surface area (Å²) in [6.07, 6.45) is -0.801. The fourth-order valence-electron chi connectivity index (χ4n) is 3.28. The molecule has 1 aromatic rings. The quantitative estimate of drug-likeness (QED) is 0.615. The van der Waals surface area contributed by atoms with Crippen molar-refractivity contribution >= 4 is 5.91 Å². The number of nitrogens with zero attached hydrogens (tertiary/aromatic N) is 2. The van der Waals surface area contributed by atoms with E-state index in [1.807, 2.05) is 20.8 Å². The summed E-state index contributed by atoms with van der Waals surface area (Å²) >= 11 is 0. The highest BCUT2D eigenvalue weighted by Crippen LogP contribution is 2.13. The Balaban J connectivity index is 1.94. The van der Waals surface area contributed by atoms with Gasteiger partial charge in [0.2, 0.25) is 0 Å². The number of methoxy groups -OCH3 is 1. The maximum absolute atomic E-state index is 13.5.